The van der Waals surface area contributed by atoms with E-state index in [-0.39, 0.29) is 27.2 Å². The van der Waals surface area contributed by atoms with E-state index in [0.717, 1.165) is 9.88 Å². The predicted octanol–water partition coefficient (Wildman–Crippen LogP) is 2.77. The maximum absolute atomic E-state index is 12.3. The summed E-state index contributed by atoms with van der Waals surface area (Å²) in [5.41, 5.74) is 6.40. The molecule has 1 aromatic carbocycles. The lowest BCUT2D eigenvalue weighted by Gasteiger charge is -2.18. The molecule has 0 atom stereocenters. The highest BCUT2D eigenvalue weighted by Crippen LogP contribution is 2.34. The molecule has 0 saturated carbocycles. The number of likely N-dealkylation sites (N-methyl/N-ethyl adjacent to an activating group) is 1. The van der Waals surface area contributed by atoms with E-state index >= 15 is 0 Å². The van der Waals surface area contributed by atoms with Crippen LogP contribution in [0.2, 0.25) is 10.0 Å². The van der Waals surface area contributed by atoms with Crippen LogP contribution in [0.3, 0.4) is 0 Å². The number of benzene rings is 1. The zero-order valence-corrected chi connectivity index (χ0v) is 12.4. The molecule has 0 fully saturated rings. The second kappa shape index (κ2) is 5.48. The SMILES string of the molecule is C=C(C)CN(C)S(=O)(=O)c1ccc(Cl)c(N)c1Cl. The molecule has 0 heterocycles. The Hall–Kier alpha value is -0.750. The first-order valence-electron chi connectivity index (χ1n) is 5.02. The predicted molar refractivity (Wildman–Crippen MR) is 75.5 cm³/mol. The summed E-state index contributed by atoms with van der Waals surface area (Å²) >= 11 is 11.7. The summed E-state index contributed by atoms with van der Waals surface area (Å²) in [6, 6.07) is 2.75. The molecular formula is C11H14Cl2N2O2S. The highest BCUT2D eigenvalue weighted by molar-refractivity contribution is 7.89. The van der Waals surface area contributed by atoms with Crippen molar-refractivity contribution in [2.24, 2.45) is 0 Å². The van der Waals surface area contributed by atoms with E-state index in [4.69, 9.17) is 28.9 Å². The van der Waals surface area contributed by atoms with Crippen molar-refractivity contribution in [3.8, 4) is 0 Å². The zero-order valence-electron chi connectivity index (χ0n) is 10.1. The number of nitrogens with zero attached hydrogens (tertiary/aromatic N) is 1. The lowest BCUT2D eigenvalue weighted by atomic mass is 10.3. The summed E-state index contributed by atoms with van der Waals surface area (Å²) in [5.74, 6) is 0. The number of sulfonamides is 1. The maximum atomic E-state index is 12.3. The van der Waals surface area contributed by atoms with Crippen LogP contribution in [0.4, 0.5) is 5.69 Å². The van der Waals surface area contributed by atoms with Crippen molar-refractivity contribution in [3.05, 3.63) is 34.3 Å². The summed E-state index contributed by atoms with van der Waals surface area (Å²) in [4.78, 5) is -0.0604. The smallest absolute Gasteiger partial charge is 0.244 e. The molecule has 0 aliphatic heterocycles. The number of nitrogens with two attached hydrogens (primary N) is 1. The molecule has 2 N–H and O–H groups in total. The molecule has 0 bridgehead atoms. The summed E-state index contributed by atoms with van der Waals surface area (Å²) in [7, 11) is -2.25. The molecule has 0 amide bonds. The fraction of sp³-hybridized carbons (Fsp3) is 0.273. The third-order valence-corrected chi connectivity index (χ3v) is 4.97. The Kier molecular flexibility index (Phi) is 4.66. The summed E-state index contributed by atoms with van der Waals surface area (Å²) in [6.45, 7) is 5.62. The molecule has 1 rings (SSSR count). The van der Waals surface area contributed by atoms with Gasteiger partial charge in [-0.15, -0.1) is 0 Å². The molecule has 0 unspecified atom stereocenters. The van der Waals surface area contributed by atoms with Gasteiger partial charge in [0, 0.05) is 13.6 Å². The summed E-state index contributed by atoms with van der Waals surface area (Å²) in [6.07, 6.45) is 0. The molecule has 100 valence electrons. The van der Waals surface area contributed by atoms with Crippen molar-refractivity contribution < 1.29 is 8.42 Å². The fourth-order valence-corrected chi connectivity index (χ4v) is 3.35. The fourth-order valence-electron chi connectivity index (χ4n) is 1.38. The van der Waals surface area contributed by atoms with E-state index in [2.05, 4.69) is 6.58 Å². The normalized spacial score (nSPS) is 11.8. The van der Waals surface area contributed by atoms with Gasteiger partial charge in [-0.05, 0) is 19.1 Å². The number of nitrogen functional groups attached to an aromatic ring is 1. The number of rotatable bonds is 4. The van der Waals surface area contributed by atoms with Crippen molar-refractivity contribution >= 4 is 38.9 Å². The Labute approximate surface area is 117 Å². The minimum Gasteiger partial charge on any atom is -0.396 e. The minimum absolute atomic E-state index is 0.0585. The monoisotopic (exact) mass is 308 g/mol. The summed E-state index contributed by atoms with van der Waals surface area (Å²) in [5, 5.41) is 0.164. The third-order valence-electron chi connectivity index (χ3n) is 2.27. The van der Waals surface area contributed by atoms with E-state index in [1.165, 1.54) is 19.2 Å². The van der Waals surface area contributed by atoms with Crippen LogP contribution in [-0.4, -0.2) is 26.3 Å². The number of halogens is 2. The first-order chi connectivity index (χ1) is 8.17. The van der Waals surface area contributed by atoms with Gasteiger partial charge in [0.15, 0.2) is 0 Å². The Balaban J connectivity index is 3.29. The molecule has 0 aromatic heterocycles. The van der Waals surface area contributed by atoms with E-state index in [9.17, 15) is 8.42 Å². The van der Waals surface area contributed by atoms with Crippen LogP contribution >= 0.6 is 23.2 Å². The molecule has 0 aliphatic rings. The van der Waals surface area contributed by atoms with Crippen LogP contribution in [0.1, 0.15) is 6.92 Å². The van der Waals surface area contributed by atoms with Gasteiger partial charge < -0.3 is 5.73 Å². The Morgan fingerprint density at radius 2 is 2.00 bits per heavy atom. The number of hydrogen-bond donors (Lipinski definition) is 1. The zero-order chi connectivity index (χ0) is 14.1. The van der Waals surface area contributed by atoms with Gasteiger partial charge in [0.1, 0.15) is 4.90 Å². The molecule has 7 heteroatoms. The number of anilines is 1. The van der Waals surface area contributed by atoms with Crippen molar-refractivity contribution in [1.29, 1.82) is 0 Å². The topological polar surface area (TPSA) is 63.4 Å². The van der Waals surface area contributed by atoms with Crippen molar-refractivity contribution in [1.82, 2.24) is 4.31 Å². The quantitative estimate of drug-likeness (QED) is 0.687. The molecule has 18 heavy (non-hydrogen) atoms. The Morgan fingerprint density at radius 3 is 2.50 bits per heavy atom. The molecular weight excluding hydrogens is 295 g/mol. The minimum atomic E-state index is -3.70. The Bertz CT molecular complexity index is 585. The van der Waals surface area contributed by atoms with Gasteiger partial charge in [-0.1, -0.05) is 35.4 Å². The van der Waals surface area contributed by atoms with Gasteiger partial charge in [-0.25, -0.2) is 8.42 Å². The second-order valence-electron chi connectivity index (χ2n) is 3.99. The van der Waals surface area contributed by atoms with E-state index < -0.39 is 10.0 Å². The highest BCUT2D eigenvalue weighted by Gasteiger charge is 2.25. The third kappa shape index (κ3) is 2.98. The maximum Gasteiger partial charge on any atom is 0.244 e. The van der Waals surface area contributed by atoms with Crippen LogP contribution in [0.25, 0.3) is 0 Å². The van der Waals surface area contributed by atoms with Gasteiger partial charge in [0.25, 0.3) is 0 Å². The van der Waals surface area contributed by atoms with Crippen molar-refractivity contribution in [2.75, 3.05) is 19.3 Å². The molecule has 0 aliphatic carbocycles. The molecule has 0 spiro atoms. The Morgan fingerprint density at radius 1 is 1.44 bits per heavy atom. The van der Waals surface area contributed by atoms with Gasteiger partial charge in [-0.3, -0.25) is 0 Å². The van der Waals surface area contributed by atoms with E-state index in [1.54, 1.807) is 6.92 Å². The lowest BCUT2D eigenvalue weighted by molar-refractivity contribution is 0.493. The van der Waals surface area contributed by atoms with E-state index in [0.29, 0.717) is 0 Å². The average molecular weight is 309 g/mol. The van der Waals surface area contributed by atoms with Crippen molar-refractivity contribution in [2.45, 2.75) is 11.8 Å². The van der Waals surface area contributed by atoms with Gasteiger partial charge >= 0.3 is 0 Å². The first-order valence-corrected chi connectivity index (χ1v) is 7.21. The first kappa shape index (κ1) is 15.3. The van der Waals surface area contributed by atoms with Crippen molar-refractivity contribution in [3.63, 3.8) is 0 Å². The lowest BCUT2D eigenvalue weighted by Crippen LogP contribution is -2.28. The van der Waals surface area contributed by atoms with Gasteiger partial charge in [0.05, 0.1) is 15.7 Å². The second-order valence-corrected chi connectivity index (χ2v) is 6.79. The average Bonchev–Trinajstić information content (AvgIpc) is 2.24. The van der Waals surface area contributed by atoms with Crippen LogP contribution < -0.4 is 5.73 Å². The van der Waals surface area contributed by atoms with Crippen LogP contribution in [-0.2, 0) is 10.0 Å². The molecule has 0 saturated heterocycles. The molecule has 4 nitrogen and oxygen atoms in total. The van der Waals surface area contributed by atoms with Crippen LogP contribution in [0.15, 0.2) is 29.2 Å². The summed E-state index contributed by atoms with van der Waals surface area (Å²) < 4.78 is 25.7. The number of hydrogen-bond acceptors (Lipinski definition) is 3. The molecule has 0 radical (unpaired) electrons. The van der Waals surface area contributed by atoms with Crippen LogP contribution in [0, 0.1) is 0 Å². The largest absolute Gasteiger partial charge is 0.396 e. The highest BCUT2D eigenvalue weighted by atomic mass is 35.5. The van der Waals surface area contributed by atoms with E-state index in [1.807, 2.05) is 0 Å². The van der Waals surface area contributed by atoms with Gasteiger partial charge in [0.2, 0.25) is 10.0 Å². The standard InChI is InChI=1S/C11H14Cl2N2O2S/c1-7(2)6-15(3)18(16,17)9-5-4-8(12)11(14)10(9)13/h4-5H,1,6,14H2,2-3H3. The van der Waals surface area contributed by atoms with Crippen LogP contribution in [0.5, 0.6) is 0 Å². The molecule has 1 aromatic rings. The van der Waals surface area contributed by atoms with Gasteiger partial charge in [-0.2, -0.15) is 4.31 Å².